The van der Waals surface area contributed by atoms with Crippen LogP contribution in [-0.2, 0) is 63.3 Å². The second kappa shape index (κ2) is 20.3. The number of carbonyl (C=O) groups excluding carboxylic acids is 1. The summed E-state index contributed by atoms with van der Waals surface area (Å²) in [6.45, 7) is 8.71. The van der Waals surface area contributed by atoms with Gasteiger partial charge >= 0.3 is 37.1 Å². The van der Waals surface area contributed by atoms with Crippen LogP contribution in [0.5, 0.6) is 46.0 Å². The minimum absolute atomic E-state index is 0.194. The molecular weight excluding hydrogens is 944 g/mol. The molecule has 66 heavy (non-hydrogen) atoms. The van der Waals surface area contributed by atoms with Gasteiger partial charge in [0.1, 0.15) is 6.54 Å². The van der Waals surface area contributed by atoms with Crippen LogP contribution in [0, 0.1) is 23.7 Å². The van der Waals surface area contributed by atoms with E-state index in [1.807, 2.05) is 30.3 Å². The Balaban J connectivity index is 0.000000205. The van der Waals surface area contributed by atoms with Crippen LogP contribution >= 0.6 is 31.1 Å². The van der Waals surface area contributed by atoms with Crippen molar-refractivity contribution in [1.82, 2.24) is 10.2 Å². The number of methoxy groups -OCH3 is 1. The Morgan fingerprint density at radius 2 is 0.833 bits per heavy atom. The van der Waals surface area contributed by atoms with Gasteiger partial charge < -0.3 is 40.9 Å². The van der Waals surface area contributed by atoms with E-state index in [-0.39, 0.29) is 42.7 Å². The number of ether oxygens (including phenoxy) is 1. The molecule has 4 aromatic rings. The van der Waals surface area contributed by atoms with Gasteiger partial charge in [0.25, 0.3) is 0 Å². The molecule has 8 atom stereocenters. The number of benzene rings is 4. The topological polar surface area (TPSA) is 251 Å². The fourth-order valence-electron chi connectivity index (χ4n) is 7.36. The molecule has 358 valence electrons. The van der Waals surface area contributed by atoms with Gasteiger partial charge in [-0.15, -0.1) is 0 Å². The predicted octanol–water partition coefficient (Wildman–Crippen LogP) is 8.92. The summed E-state index contributed by atoms with van der Waals surface area (Å²) in [6, 6.07) is 21.4. The van der Waals surface area contributed by atoms with E-state index in [4.69, 9.17) is 41.1 Å². The summed E-state index contributed by atoms with van der Waals surface area (Å²) in [4.78, 5) is 39.4. The molecule has 0 saturated heterocycles. The maximum absolute atomic E-state index is 12.8. The van der Waals surface area contributed by atoms with Crippen LogP contribution in [0.2, 0.25) is 0 Å². The van der Waals surface area contributed by atoms with Gasteiger partial charge in [0.05, 0.1) is 20.8 Å². The van der Waals surface area contributed by atoms with Gasteiger partial charge in [-0.2, -0.15) is 10.2 Å². The largest absolute Gasteiger partial charge is 0.585 e. The molecule has 8 rings (SSSR count). The van der Waals surface area contributed by atoms with E-state index in [0.717, 1.165) is 47.9 Å². The monoisotopic (exact) mass is 996 g/mol. The fraction of sp³-hybridized carbons (Fsp3) is 0.405. The lowest BCUT2D eigenvalue weighted by atomic mass is 9.85. The Morgan fingerprint density at radius 3 is 1.20 bits per heavy atom. The summed E-state index contributed by atoms with van der Waals surface area (Å²) in [6.07, 6.45) is 3.03. The first kappa shape index (κ1) is 49.3. The number of phosphoric acid groups is 2. The van der Waals surface area contributed by atoms with Gasteiger partial charge in [-0.3, -0.25) is 14.6 Å². The third-order valence-electron chi connectivity index (χ3n) is 11.2. The molecule has 0 aliphatic carbocycles. The number of rotatable bonds is 18. The second-order valence-electron chi connectivity index (χ2n) is 16.3. The molecule has 0 aromatic heterocycles. The van der Waals surface area contributed by atoms with Crippen LogP contribution in [0.15, 0.2) is 72.8 Å². The standard InChI is InChI=1S/C24H32N2O10P2.C18H20O8P2/c1-16(11-18-5-7-20-22(13-18)35-37(28,33-20)25-9-10-32-31-4)17(2)12-19-6-8-21-23(14-19)36-38(29,34-21)26-15-24(27)30-3;1-11(7-13-3-5-15-17(9-13)25-27(19,20)23-15)12(2)8-14-4-6-16-18(10-14)26-28(21,22)24-16/h5-8,13-14,16-17H,9-12,15H2,1-4H3,(H,25,28)(H,26,29);3-6,9-12H,7-8H2,1-2H3,(H,19,20)(H,21,22). The SMILES string of the molecule is CC(Cc1ccc2c(c1)OP(=O)(O)O2)C(C)Cc1ccc2c(c1)OP(=O)(O)O2.COOCCNP1(=O)Oc2ccc(CC(C)C(C)Cc3ccc4c(c3)OP(=O)(NCC(=O)OC)O4)cc2O1. The molecule has 20 nitrogen and oxygen atoms in total. The first-order valence-corrected chi connectivity index (χ1v) is 27.0. The number of carbonyl (C=O) groups is 1. The molecule has 0 spiro atoms. The van der Waals surface area contributed by atoms with Crippen LogP contribution < -0.4 is 46.4 Å². The van der Waals surface area contributed by atoms with E-state index in [0.29, 0.717) is 46.7 Å². The molecule has 24 heteroatoms. The van der Waals surface area contributed by atoms with Crippen molar-refractivity contribution in [3.05, 3.63) is 95.1 Å². The van der Waals surface area contributed by atoms with Crippen molar-refractivity contribution >= 4 is 37.1 Å². The minimum Gasteiger partial charge on any atom is -0.468 e. The molecule has 0 amide bonds. The quantitative estimate of drug-likeness (QED) is 0.0239. The van der Waals surface area contributed by atoms with Gasteiger partial charge in [0.2, 0.25) is 0 Å². The molecule has 0 radical (unpaired) electrons. The highest BCUT2D eigenvalue weighted by Crippen LogP contribution is 2.58. The zero-order valence-electron chi connectivity index (χ0n) is 36.9. The summed E-state index contributed by atoms with van der Waals surface area (Å²) in [7, 11) is -12.6. The molecule has 4 aromatic carbocycles. The van der Waals surface area contributed by atoms with Crippen LogP contribution in [-0.4, -0.2) is 49.7 Å². The van der Waals surface area contributed by atoms with Gasteiger partial charge in [-0.1, -0.05) is 52.0 Å². The average Bonchev–Trinajstić information content (AvgIpc) is 3.97. The number of hydrogen-bond donors (Lipinski definition) is 4. The third-order valence-corrected chi connectivity index (χ3v) is 15.8. The van der Waals surface area contributed by atoms with Crippen molar-refractivity contribution in [3.63, 3.8) is 0 Å². The number of nitrogens with one attached hydrogen (secondary N) is 2. The molecule has 4 N–H and O–H groups in total. The summed E-state index contributed by atoms with van der Waals surface area (Å²) < 4.78 is 94.7. The van der Waals surface area contributed by atoms with Crippen molar-refractivity contribution in [3.8, 4) is 46.0 Å². The highest BCUT2D eigenvalue weighted by molar-refractivity contribution is 7.53. The Labute approximate surface area is 381 Å². The van der Waals surface area contributed by atoms with Crippen LogP contribution in [0.4, 0.5) is 0 Å². The van der Waals surface area contributed by atoms with Crippen molar-refractivity contribution in [1.29, 1.82) is 0 Å². The number of fused-ring (bicyclic) bond motifs is 4. The molecule has 8 unspecified atom stereocenters. The first-order chi connectivity index (χ1) is 31.2. The van der Waals surface area contributed by atoms with E-state index in [1.54, 1.807) is 42.5 Å². The Morgan fingerprint density at radius 1 is 0.515 bits per heavy atom. The smallest absolute Gasteiger partial charge is 0.468 e. The van der Waals surface area contributed by atoms with Crippen LogP contribution in [0.1, 0.15) is 49.9 Å². The minimum atomic E-state index is -4.02. The van der Waals surface area contributed by atoms with Crippen molar-refractivity contribution in [2.24, 2.45) is 23.7 Å². The van der Waals surface area contributed by atoms with Crippen LogP contribution in [0.25, 0.3) is 0 Å². The highest BCUT2D eigenvalue weighted by atomic mass is 31.2. The summed E-state index contributed by atoms with van der Waals surface area (Å²) in [5.74, 6) is 3.32. The Kier molecular flexibility index (Phi) is 15.2. The zero-order valence-corrected chi connectivity index (χ0v) is 40.5. The molecule has 4 aliphatic rings. The lowest BCUT2D eigenvalue weighted by Crippen LogP contribution is -2.24. The fourth-order valence-corrected chi connectivity index (χ4v) is 11.7. The Hall–Kier alpha value is -4.57. The van der Waals surface area contributed by atoms with Crippen molar-refractivity contribution in [2.75, 3.05) is 33.9 Å². The zero-order chi connectivity index (χ0) is 47.4. The third kappa shape index (κ3) is 12.7. The summed E-state index contributed by atoms with van der Waals surface area (Å²) >= 11 is 0. The average molecular weight is 997 g/mol. The predicted molar refractivity (Wildman–Crippen MR) is 238 cm³/mol. The van der Waals surface area contributed by atoms with E-state index >= 15 is 0 Å². The molecule has 4 aliphatic heterocycles. The van der Waals surface area contributed by atoms with Gasteiger partial charge in [-0.05, 0) is 120 Å². The molecular formula is C42H52N2O18P4. The molecule has 0 saturated carbocycles. The highest BCUT2D eigenvalue weighted by Gasteiger charge is 2.39. The lowest BCUT2D eigenvalue weighted by molar-refractivity contribution is -0.270. The summed E-state index contributed by atoms with van der Waals surface area (Å²) in [5, 5.41) is 5.21. The van der Waals surface area contributed by atoms with E-state index in [2.05, 4.69) is 47.5 Å². The number of phosphoric ester groups is 2. The maximum atomic E-state index is 12.8. The van der Waals surface area contributed by atoms with Gasteiger partial charge in [0, 0.05) is 6.54 Å². The van der Waals surface area contributed by atoms with E-state index in [1.165, 1.54) is 14.2 Å². The second-order valence-corrected chi connectivity index (χ2v) is 22.3. The van der Waals surface area contributed by atoms with E-state index in [9.17, 15) is 32.8 Å². The van der Waals surface area contributed by atoms with E-state index < -0.39 is 37.1 Å². The van der Waals surface area contributed by atoms with Crippen LogP contribution in [0.3, 0.4) is 0 Å². The number of hydrogen-bond acceptors (Lipinski definition) is 16. The number of esters is 1. The van der Waals surface area contributed by atoms with Crippen molar-refractivity contribution in [2.45, 2.75) is 53.4 Å². The molecule has 0 bridgehead atoms. The normalized spacial score (nSPS) is 24.5. The Bertz CT molecular complexity index is 2550. The summed E-state index contributed by atoms with van der Waals surface area (Å²) in [5.41, 5.74) is 4.00. The lowest BCUT2D eigenvalue weighted by Gasteiger charge is -2.20. The van der Waals surface area contributed by atoms with Crippen molar-refractivity contribution < 1.29 is 83.5 Å². The van der Waals surface area contributed by atoms with Gasteiger partial charge in [0.15, 0.2) is 46.0 Å². The molecule has 4 heterocycles. The molecule has 0 fully saturated rings. The first-order valence-electron chi connectivity index (χ1n) is 20.9. The maximum Gasteiger partial charge on any atom is 0.585 e. The van der Waals surface area contributed by atoms with Gasteiger partial charge in [-0.25, -0.2) is 28.0 Å².